The first-order chi connectivity index (χ1) is 6.92. The van der Waals surface area contributed by atoms with Gasteiger partial charge in [-0.2, -0.15) is 0 Å². The van der Waals surface area contributed by atoms with Crippen LogP contribution in [-0.4, -0.2) is 28.0 Å². The Morgan fingerprint density at radius 3 is 3.07 bits per heavy atom. The maximum absolute atomic E-state index is 4.51. The maximum Gasteiger partial charge on any atom is 0.107 e. The number of hydrogen-bond donors (Lipinski definition) is 2. The SMILES string of the molecule is c1cc2nc(CC3CNC3)[nH]c2cn1. The van der Waals surface area contributed by atoms with Crippen LogP contribution in [0, 0.1) is 5.92 Å². The minimum Gasteiger partial charge on any atom is -0.341 e. The van der Waals surface area contributed by atoms with E-state index in [1.54, 1.807) is 6.20 Å². The Morgan fingerprint density at radius 1 is 1.43 bits per heavy atom. The van der Waals surface area contributed by atoms with Gasteiger partial charge in [0.15, 0.2) is 0 Å². The Morgan fingerprint density at radius 2 is 2.36 bits per heavy atom. The molecule has 1 aliphatic heterocycles. The minimum absolute atomic E-state index is 0.753. The molecule has 3 rings (SSSR count). The lowest BCUT2D eigenvalue weighted by Crippen LogP contribution is -2.43. The summed E-state index contributed by atoms with van der Waals surface area (Å²) in [6, 6.07) is 1.94. The summed E-state index contributed by atoms with van der Waals surface area (Å²) in [4.78, 5) is 11.9. The summed E-state index contributed by atoms with van der Waals surface area (Å²) in [5, 5.41) is 3.26. The van der Waals surface area contributed by atoms with Crippen LogP contribution in [0.25, 0.3) is 11.0 Å². The van der Waals surface area contributed by atoms with E-state index < -0.39 is 0 Å². The van der Waals surface area contributed by atoms with Crippen LogP contribution in [0.4, 0.5) is 0 Å². The summed E-state index contributed by atoms with van der Waals surface area (Å²) >= 11 is 0. The maximum atomic E-state index is 4.51. The van der Waals surface area contributed by atoms with E-state index in [-0.39, 0.29) is 0 Å². The van der Waals surface area contributed by atoms with Gasteiger partial charge in [-0.15, -0.1) is 0 Å². The van der Waals surface area contributed by atoms with Gasteiger partial charge in [-0.3, -0.25) is 4.98 Å². The molecule has 0 bridgehead atoms. The Kier molecular flexibility index (Phi) is 1.73. The fourth-order valence-corrected chi connectivity index (χ4v) is 1.77. The molecule has 1 aliphatic rings. The van der Waals surface area contributed by atoms with E-state index in [0.717, 1.165) is 42.3 Å². The monoisotopic (exact) mass is 188 g/mol. The molecule has 0 aliphatic carbocycles. The van der Waals surface area contributed by atoms with Gasteiger partial charge in [-0.05, 0) is 25.1 Å². The van der Waals surface area contributed by atoms with E-state index in [4.69, 9.17) is 0 Å². The zero-order chi connectivity index (χ0) is 9.38. The van der Waals surface area contributed by atoms with Crippen molar-refractivity contribution in [2.75, 3.05) is 13.1 Å². The van der Waals surface area contributed by atoms with Gasteiger partial charge in [-0.1, -0.05) is 0 Å². The molecule has 0 radical (unpaired) electrons. The van der Waals surface area contributed by atoms with Crippen LogP contribution >= 0.6 is 0 Å². The topological polar surface area (TPSA) is 53.6 Å². The second-order valence-corrected chi connectivity index (χ2v) is 3.80. The van der Waals surface area contributed by atoms with Crippen LogP contribution in [0.3, 0.4) is 0 Å². The fourth-order valence-electron chi connectivity index (χ4n) is 1.77. The molecule has 72 valence electrons. The second-order valence-electron chi connectivity index (χ2n) is 3.80. The normalized spacial score (nSPS) is 17.1. The zero-order valence-corrected chi connectivity index (χ0v) is 7.83. The van der Waals surface area contributed by atoms with Crippen molar-refractivity contribution in [3.05, 3.63) is 24.3 Å². The molecule has 2 N–H and O–H groups in total. The van der Waals surface area contributed by atoms with E-state index >= 15 is 0 Å². The molecule has 4 heteroatoms. The second kappa shape index (κ2) is 3.06. The van der Waals surface area contributed by atoms with Crippen molar-refractivity contribution in [3.8, 4) is 0 Å². The van der Waals surface area contributed by atoms with Crippen molar-refractivity contribution in [1.82, 2.24) is 20.3 Å². The van der Waals surface area contributed by atoms with Gasteiger partial charge in [0.1, 0.15) is 5.82 Å². The van der Waals surface area contributed by atoms with Crippen LogP contribution in [0.2, 0.25) is 0 Å². The highest BCUT2D eigenvalue weighted by atomic mass is 15.0. The number of pyridine rings is 1. The molecule has 0 unspecified atom stereocenters. The molecule has 1 fully saturated rings. The van der Waals surface area contributed by atoms with Crippen molar-refractivity contribution in [1.29, 1.82) is 0 Å². The summed E-state index contributed by atoms with van der Waals surface area (Å²) in [5.41, 5.74) is 2.05. The Bertz CT molecular complexity index is 411. The average molecular weight is 188 g/mol. The molecule has 0 amide bonds. The molecule has 2 aromatic rings. The fraction of sp³-hybridized carbons (Fsp3) is 0.400. The van der Waals surface area contributed by atoms with Crippen molar-refractivity contribution < 1.29 is 0 Å². The minimum atomic E-state index is 0.753. The Balaban J connectivity index is 1.89. The predicted octanol–water partition coefficient (Wildman–Crippen LogP) is 0.720. The highest BCUT2D eigenvalue weighted by Crippen LogP contribution is 2.14. The number of fused-ring (bicyclic) bond motifs is 1. The summed E-state index contributed by atoms with van der Waals surface area (Å²) in [6.45, 7) is 2.24. The first kappa shape index (κ1) is 7.94. The van der Waals surface area contributed by atoms with Gasteiger partial charge in [0, 0.05) is 12.6 Å². The molecular formula is C10H12N4. The summed E-state index contributed by atoms with van der Waals surface area (Å²) in [6.07, 6.45) is 4.64. The molecule has 4 nitrogen and oxygen atoms in total. The van der Waals surface area contributed by atoms with Crippen LogP contribution in [0.15, 0.2) is 18.5 Å². The molecule has 3 heterocycles. The average Bonchev–Trinajstić information content (AvgIpc) is 2.53. The van der Waals surface area contributed by atoms with Crippen molar-refractivity contribution in [3.63, 3.8) is 0 Å². The number of hydrogen-bond acceptors (Lipinski definition) is 3. The predicted molar refractivity (Wildman–Crippen MR) is 54.0 cm³/mol. The van der Waals surface area contributed by atoms with Gasteiger partial charge >= 0.3 is 0 Å². The van der Waals surface area contributed by atoms with Gasteiger partial charge in [0.25, 0.3) is 0 Å². The first-order valence-electron chi connectivity index (χ1n) is 4.91. The molecular weight excluding hydrogens is 176 g/mol. The van der Waals surface area contributed by atoms with Crippen molar-refractivity contribution in [2.45, 2.75) is 6.42 Å². The summed E-state index contributed by atoms with van der Waals surface area (Å²) in [7, 11) is 0. The van der Waals surface area contributed by atoms with Crippen molar-refractivity contribution in [2.24, 2.45) is 5.92 Å². The number of H-pyrrole nitrogens is 1. The smallest absolute Gasteiger partial charge is 0.107 e. The van der Waals surface area contributed by atoms with Gasteiger partial charge < -0.3 is 10.3 Å². The molecule has 0 atom stereocenters. The lowest BCUT2D eigenvalue weighted by Gasteiger charge is -2.25. The summed E-state index contributed by atoms with van der Waals surface area (Å²) in [5.74, 6) is 1.84. The van der Waals surface area contributed by atoms with E-state index in [1.165, 1.54) is 0 Å². The van der Waals surface area contributed by atoms with E-state index in [2.05, 4.69) is 20.3 Å². The number of aromatic nitrogens is 3. The quantitative estimate of drug-likeness (QED) is 0.730. The largest absolute Gasteiger partial charge is 0.341 e. The first-order valence-corrected chi connectivity index (χ1v) is 4.91. The number of imidazole rings is 1. The third kappa shape index (κ3) is 1.28. The molecule has 0 spiro atoms. The van der Waals surface area contributed by atoms with E-state index in [0.29, 0.717) is 0 Å². The Hall–Kier alpha value is -1.42. The van der Waals surface area contributed by atoms with Crippen LogP contribution in [0.1, 0.15) is 5.82 Å². The molecule has 0 aromatic carbocycles. The highest BCUT2D eigenvalue weighted by Gasteiger charge is 2.18. The van der Waals surface area contributed by atoms with Gasteiger partial charge in [0.2, 0.25) is 0 Å². The number of aromatic amines is 1. The lowest BCUT2D eigenvalue weighted by atomic mass is 9.99. The van der Waals surface area contributed by atoms with Crippen LogP contribution in [0.5, 0.6) is 0 Å². The van der Waals surface area contributed by atoms with Gasteiger partial charge in [-0.25, -0.2) is 4.98 Å². The van der Waals surface area contributed by atoms with Crippen LogP contribution < -0.4 is 5.32 Å². The van der Waals surface area contributed by atoms with Gasteiger partial charge in [0.05, 0.1) is 17.2 Å². The molecule has 0 saturated carbocycles. The third-order valence-electron chi connectivity index (χ3n) is 2.68. The molecule has 1 saturated heterocycles. The number of rotatable bonds is 2. The molecule has 2 aromatic heterocycles. The standard InChI is InChI=1S/C10H12N4/c1-2-11-6-9-8(1)13-10(14-9)3-7-4-12-5-7/h1-2,6-7,12H,3-5H2,(H,13,14). The lowest BCUT2D eigenvalue weighted by molar-refractivity contribution is 0.342. The summed E-state index contributed by atoms with van der Waals surface area (Å²) < 4.78 is 0. The highest BCUT2D eigenvalue weighted by molar-refractivity contribution is 5.73. The van der Waals surface area contributed by atoms with E-state index in [9.17, 15) is 0 Å². The third-order valence-corrected chi connectivity index (χ3v) is 2.68. The molecule has 14 heavy (non-hydrogen) atoms. The Labute approximate surface area is 81.8 Å². The van der Waals surface area contributed by atoms with E-state index in [1.807, 2.05) is 12.3 Å². The number of nitrogens with zero attached hydrogens (tertiary/aromatic N) is 2. The zero-order valence-electron chi connectivity index (χ0n) is 7.83. The van der Waals surface area contributed by atoms with Crippen molar-refractivity contribution >= 4 is 11.0 Å². The number of nitrogens with one attached hydrogen (secondary N) is 2. The van der Waals surface area contributed by atoms with Crippen LogP contribution in [-0.2, 0) is 6.42 Å².